The SMILES string of the molecule is Cc1cc(C)cc(COc2ccc(S(N)(=O)=O)c(C)c2)c1. The molecule has 112 valence electrons. The lowest BCUT2D eigenvalue weighted by molar-refractivity contribution is 0.305. The molecule has 0 heterocycles. The van der Waals surface area contributed by atoms with E-state index in [0.29, 0.717) is 17.9 Å². The predicted molar refractivity (Wildman–Crippen MR) is 82.8 cm³/mol. The fourth-order valence-electron chi connectivity index (χ4n) is 2.35. The predicted octanol–water partition coefficient (Wildman–Crippen LogP) is 2.84. The fourth-order valence-corrected chi connectivity index (χ4v) is 3.12. The second kappa shape index (κ2) is 5.87. The van der Waals surface area contributed by atoms with Crippen LogP contribution in [0, 0.1) is 20.8 Å². The average molecular weight is 305 g/mol. The van der Waals surface area contributed by atoms with Crippen LogP contribution < -0.4 is 9.88 Å². The molecule has 0 unspecified atom stereocenters. The van der Waals surface area contributed by atoms with Crippen molar-refractivity contribution in [3.05, 3.63) is 58.7 Å². The number of benzene rings is 2. The maximum absolute atomic E-state index is 11.4. The Labute approximate surface area is 125 Å². The van der Waals surface area contributed by atoms with Gasteiger partial charge in [0.05, 0.1) is 4.90 Å². The number of hydrogen-bond donors (Lipinski definition) is 1. The third kappa shape index (κ3) is 4.06. The van der Waals surface area contributed by atoms with Crippen molar-refractivity contribution in [2.75, 3.05) is 0 Å². The molecular weight excluding hydrogens is 286 g/mol. The summed E-state index contributed by atoms with van der Waals surface area (Å²) in [5.41, 5.74) is 4.04. The van der Waals surface area contributed by atoms with Crippen molar-refractivity contribution in [1.82, 2.24) is 0 Å². The zero-order valence-corrected chi connectivity index (χ0v) is 13.2. The highest BCUT2D eigenvalue weighted by Crippen LogP contribution is 2.21. The molecule has 0 fully saturated rings. The van der Waals surface area contributed by atoms with E-state index >= 15 is 0 Å². The van der Waals surface area contributed by atoms with Crippen LogP contribution in [0.4, 0.5) is 0 Å². The highest BCUT2D eigenvalue weighted by Gasteiger charge is 2.11. The van der Waals surface area contributed by atoms with E-state index in [1.165, 1.54) is 17.2 Å². The maximum atomic E-state index is 11.4. The Hall–Kier alpha value is -1.85. The second-order valence-corrected chi connectivity index (χ2v) is 6.79. The fraction of sp³-hybridized carbons (Fsp3) is 0.250. The summed E-state index contributed by atoms with van der Waals surface area (Å²) in [6.07, 6.45) is 0. The van der Waals surface area contributed by atoms with Crippen LogP contribution in [0.5, 0.6) is 5.75 Å². The van der Waals surface area contributed by atoms with Gasteiger partial charge in [-0.05, 0) is 50.1 Å². The van der Waals surface area contributed by atoms with Gasteiger partial charge < -0.3 is 4.74 Å². The topological polar surface area (TPSA) is 69.4 Å². The number of rotatable bonds is 4. The molecule has 0 spiro atoms. The summed E-state index contributed by atoms with van der Waals surface area (Å²) in [5, 5.41) is 5.14. The first-order valence-electron chi connectivity index (χ1n) is 6.59. The first-order valence-corrected chi connectivity index (χ1v) is 8.14. The summed E-state index contributed by atoms with van der Waals surface area (Å²) in [6.45, 7) is 6.23. The Balaban J connectivity index is 2.16. The zero-order chi connectivity index (χ0) is 15.6. The van der Waals surface area contributed by atoms with Crippen molar-refractivity contribution in [3.63, 3.8) is 0 Å². The van der Waals surface area contributed by atoms with Gasteiger partial charge in [0.2, 0.25) is 10.0 Å². The first kappa shape index (κ1) is 15.5. The molecule has 0 aliphatic carbocycles. The van der Waals surface area contributed by atoms with Crippen LogP contribution >= 0.6 is 0 Å². The summed E-state index contributed by atoms with van der Waals surface area (Å²) in [4.78, 5) is 0.126. The minimum Gasteiger partial charge on any atom is -0.489 e. The largest absolute Gasteiger partial charge is 0.489 e. The molecule has 2 aromatic rings. The summed E-state index contributed by atoms with van der Waals surface area (Å²) in [7, 11) is -3.68. The molecule has 0 bridgehead atoms. The van der Waals surface area contributed by atoms with Gasteiger partial charge in [0, 0.05) is 0 Å². The van der Waals surface area contributed by atoms with Crippen LogP contribution in [-0.2, 0) is 16.6 Å². The zero-order valence-electron chi connectivity index (χ0n) is 12.4. The molecule has 4 nitrogen and oxygen atoms in total. The Kier molecular flexibility index (Phi) is 4.34. The van der Waals surface area contributed by atoms with E-state index in [1.54, 1.807) is 19.1 Å². The maximum Gasteiger partial charge on any atom is 0.238 e. The van der Waals surface area contributed by atoms with Crippen LogP contribution in [0.1, 0.15) is 22.3 Å². The van der Waals surface area contributed by atoms with Crippen LogP contribution in [0.2, 0.25) is 0 Å². The number of ether oxygens (including phenoxy) is 1. The van der Waals surface area contributed by atoms with Gasteiger partial charge in [-0.2, -0.15) is 0 Å². The van der Waals surface area contributed by atoms with Gasteiger partial charge in [-0.15, -0.1) is 0 Å². The minimum atomic E-state index is -3.68. The number of primary sulfonamides is 1. The smallest absolute Gasteiger partial charge is 0.238 e. The van der Waals surface area contributed by atoms with Crippen molar-refractivity contribution in [2.24, 2.45) is 5.14 Å². The van der Waals surface area contributed by atoms with Crippen molar-refractivity contribution in [1.29, 1.82) is 0 Å². The monoisotopic (exact) mass is 305 g/mol. The van der Waals surface area contributed by atoms with Crippen molar-refractivity contribution in [3.8, 4) is 5.75 Å². The highest BCUT2D eigenvalue weighted by molar-refractivity contribution is 7.89. The number of aryl methyl sites for hydroxylation is 3. The van der Waals surface area contributed by atoms with Crippen LogP contribution in [0.3, 0.4) is 0 Å². The van der Waals surface area contributed by atoms with Gasteiger partial charge in [0.1, 0.15) is 12.4 Å². The molecule has 0 aliphatic rings. The Bertz CT molecular complexity index is 747. The van der Waals surface area contributed by atoms with Crippen molar-refractivity contribution in [2.45, 2.75) is 32.3 Å². The molecule has 0 aliphatic heterocycles. The molecule has 0 saturated heterocycles. The van der Waals surface area contributed by atoms with E-state index in [9.17, 15) is 8.42 Å². The standard InChI is InChI=1S/C16H19NO3S/c1-11-6-12(2)8-14(7-11)10-20-15-4-5-16(13(3)9-15)21(17,18)19/h4-9H,10H2,1-3H3,(H2,17,18,19). The molecule has 2 rings (SSSR count). The molecular formula is C16H19NO3S. The van der Waals surface area contributed by atoms with Crippen molar-refractivity contribution < 1.29 is 13.2 Å². The molecule has 0 atom stereocenters. The molecule has 21 heavy (non-hydrogen) atoms. The van der Waals surface area contributed by atoms with Crippen LogP contribution in [0.25, 0.3) is 0 Å². The van der Waals surface area contributed by atoms with Gasteiger partial charge in [0.25, 0.3) is 0 Å². The van der Waals surface area contributed by atoms with Crippen LogP contribution in [0.15, 0.2) is 41.3 Å². The minimum absolute atomic E-state index is 0.126. The van der Waals surface area contributed by atoms with E-state index < -0.39 is 10.0 Å². The molecule has 0 saturated carbocycles. The first-order chi connectivity index (χ1) is 9.75. The molecule has 0 aromatic heterocycles. The molecule has 5 heteroatoms. The Morgan fingerprint density at radius 2 is 1.62 bits per heavy atom. The lowest BCUT2D eigenvalue weighted by Crippen LogP contribution is -2.13. The Morgan fingerprint density at radius 1 is 1.00 bits per heavy atom. The van der Waals surface area contributed by atoms with Gasteiger partial charge in [-0.25, -0.2) is 13.6 Å². The lowest BCUT2D eigenvalue weighted by atomic mass is 10.1. The quantitative estimate of drug-likeness (QED) is 0.944. The van der Waals surface area contributed by atoms with Gasteiger partial charge in [-0.3, -0.25) is 0 Å². The summed E-state index contributed by atoms with van der Waals surface area (Å²) < 4.78 is 28.4. The normalized spacial score (nSPS) is 11.4. The molecule has 2 aromatic carbocycles. The molecule has 0 radical (unpaired) electrons. The summed E-state index contributed by atoms with van der Waals surface area (Å²) >= 11 is 0. The van der Waals surface area contributed by atoms with Crippen molar-refractivity contribution >= 4 is 10.0 Å². The van der Waals surface area contributed by atoms with E-state index in [0.717, 1.165) is 5.56 Å². The lowest BCUT2D eigenvalue weighted by Gasteiger charge is -2.10. The van der Waals surface area contributed by atoms with E-state index in [2.05, 4.69) is 18.2 Å². The third-order valence-electron chi connectivity index (χ3n) is 3.14. The molecule has 2 N–H and O–H groups in total. The van der Waals surface area contributed by atoms with Gasteiger partial charge in [-0.1, -0.05) is 29.3 Å². The van der Waals surface area contributed by atoms with E-state index in [1.807, 2.05) is 13.8 Å². The number of nitrogens with two attached hydrogens (primary N) is 1. The molecule has 0 amide bonds. The van der Waals surface area contributed by atoms with E-state index in [4.69, 9.17) is 9.88 Å². The van der Waals surface area contributed by atoms with Gasteiger partial charge in [0.15, 0.2) is 0 Å². The highest BCUT2D eigenvalue weighted by atomic mass is 32.2. The third-order valence-corrected chi connectivity index (χ3v) is 4.21. The Morgan fingerprint density at radius 3 is 2.14 bits per heavy atom. The number of hydrogen-bond acceptors (Lipinski definition) is 3. The number of sulfonamides is 1. The van der Waals surface area contributed by atoms with E-state index in [-0.39, 0.29) is 4.90 Å². The summed E-state index contributed by atoms with van der Waals surface area (Å²) in [6, 6.07) is 11.0. The second-order valence-electron chi connectivity index (χ2n) is 5.26. The van der Waals surface area contributed by atoms with Crippen LogP contribution in [-0.4, -0.2) is 8.42 Å². The summed E-state index contributed by atoms with van der Waals surface area (Å²) in [5.74, 6) is 0.624. The average Bonchev–Trinajstić information content (AvgIpc) is 2.33. The van der Waals surface area contributed by atoms with Gasteiger partial charge >= 0.3 is 0 Å².